The van der Waals surface area contributed by atoms with Crippen molar-refractivity contribution in [2.75, 3.05) is 3.30 Å². The summed E-state index contributed by atoms with van der Waals surface area (Å²) < 4.78 is 3.24. The van der Waals surface area contributed by atoms with Crippen molar-refractivity contribution in [3.63, 3.8) is 0 Å². The molecular formula is C6H8InN. The molecule has 0 saturated carbocycles. The normalized spacial score (nSPS) is 8.50. The van der Waals surface area contributed by atoms with Crippen LogP contribution in [0.3, 0.4) is 0 Å². The first-order valence-corrected chi connectivity index (χ1v) is 5.51. The Bertz CT molecular complexity index is 150. The third kappa shape index (κ3) is 1.44. The zero-order valence-corrected chi connectivity index (χ0v) is 10.6. The molecule has 0 heterocycles. The second kappa shape index (κ2) is 3.02. The van der Waals surface area contributed by atoms with E-state index in [0.29, 0.717) is 24.7 Å². The predicted molar refractivity (Wildman–Crippen MR) is 38.6 cm³/mol. The summed E-state index contributed by atoms with van der Waals surface area (Å²) in [6, 6.07) is 10.3. The Morgan fingerprint density at radius 3 is 2.12 bits per heavy atom. The van der Waals surface area contributed by atoms with Crippen molar-refractivity contribution < 1.29 is 0 Å². The summed E-state index contributed by atoms with van der Waals surface area (Å²) >= 11 is 0.573. The van der Waals surface area contributed by atoms with Gasteiger partial charge in [-0.15, -0.1) is 0 Å². The third-order valence-electron chi connectivity index (χ3n) is 1.06. The predicted octanol–water partition coefficient (Wildman–Crippen LogP) is 0.647. The molecule has 0 aromatic heterocycles. The minimum atomic E-state index is 0.573. The number of hydrogen-bond acceptors (Lipinski definition) is 1. The molecule has 0 fully saturated rings. The van der Waals surface area contributed by atoms with Crippen LogP contribution in [0.1, 0.15) is 0 Å². The van der Waals surface area contributed by atoms with Crippen molar-refractivity contribution in [1.29, 1.82) is 0 Å². The van der Waals surface area contributed by atoms with Crippen LogP contribution in [0.2, 0.25) is 0 Å². The summed E-state index contributed by atoms with van der Waals surface area (Å²) in [6.07, 6.45) is 0. The van der Waals surface area contributed by atoms with Crippen molar-refractivity contribution in [3.05, 3.63) is 30.3 Å². The summed E-state index contributed by atoms with van der Waals surface area (Å²) in [6.45, 7) is 0. The first-order chi connectivity index (χ1) is 3.93. The summed E-state index contributed by atoms with van der Waals surface area (Å²) in [5.41, 5.74) is 1.25. The van der Waals surface area contributed by atoms with Gasteiger partial charge in [-0.1, -0.05) is 0 Å². The van der Waals surface area contributed by atoms with Gasteiger partial charge < -0.3 is 0 Å². The van der Waals surface area contributed by atoms with Crippen LogP contribution in [0.4, 0.5) is 5.69 Å². The number of para-hydroxylation sites is 1. The topological polar surface area (TPSA) is 12.0 Å². The molecule has 1 nitrogen and oxygen atoms in total. The molecule has 8 heavy (non-hydrogen) atoms. The maximum atomic E-state index is 3.24. The summed E-state index contributed by atoms with van der Waals surface area (Å²) in [7, 11) is 0. The molecule has 0 amide bonds. The molecule has 2 heteroatoms. The van der Waals surface area contributed by atoms with Gasteiger partial charge in [0.1, 0.15) is 0 Å². The summed E-state index contributed by atoms with van der Waals surface area (Å²) in [5.74, 6) is 0. The fourth-order valence-electron chi connectivity index (χ4n) is 0.605. The quantitative estimate of drug-likeness (QED) is 0.715. The fourth-order valence-corrected chi connectivity index (χ4v) is 1.56. The molecule has 1 aromatic carbocycles. The second-order valence-corrected chi connectivity index (χ2v) is 3.04. The Hall–Kier alpha value is -0.110. The number of nitrogens with one attached hydrogen (secondary N) is 1. The van der Waals surface area contributed by atoms with Gasteiger partial charge in [0.05, 0.1) is 0 Å². The Balaban J connectivity index is 2.83. The molecule has 0 aliphatic carbocycles. The van der Waals surface area contributed by atoms with Gasteiger partial charge in [0.15, 0.2) is 0 Å². The molecule has 0 atom stereocenters. The third-order valence-corrected chi connectivity index (χ3v) is 2.71. The molecule has 1 rings (SSSR count). The first kappa shape index (κ1) is 6.02. The van der Waals surface area contributed by atoms with Crippen LogP contribution < -0.4 is 3.30 Å². The Morgan fingerprint density at radius 1 is 1.12 bits per heavy atom. The van der Waals surface area contributed by atoms with Gasteiger partial charge in [-0.25, -0.2) is 0 Å². The Labute approximate surface area is 64.1 Å². The molecule has 0 aliphatic heterocycles. The van der Waals surface area contributed by atoms with Crippen molar-refractivity contribution in [2.45, 2.75) is 0 Å². The molecular weight excluding hydrogens is 201 g/mol. The summed E-state index contributed by atoms with van der Waals surface area (Å²) in [4.78, 5) is 0. The molecule has 0 saturated heterocycles. The number of hydrogen-bond donors (Lipinski definition) is 1. The average Bonchev–Trinajstić information content (AvgIpc) is 1.90. The van der Waals surface area contributed by atoms with E-state index in [-0.39, 0.29) is 0 Å². The van der Waals surface area contributed by atoms with Crippen LogP contribution in [0.5, 0.6) is 0 Å². The van der Waals surface area contributed by atoms with Gasteiger partial charge in [0, 0.05) is 0 Å². The van der Waals surface area contributed by atoms with Crippen LogP contribution >= 0.6 is 0 Å². The first-order valence-electron chi connectivity index (χ1n) is 2.66. The SMILES string of the molecule is [InH2][NH]c1ccccc1. The van der Waals surface area contributed by atoms with Crippen molar-refractivity contribution in [1.82, 2.24) is 0 Å². The minimum absolute atomic E-state index is 0.573. The van der Waals surface area contributed by atoms with E-state index >= 15 is 0 Å². The molecule has 0 unspecified atom stereocenters. The van der Waals surface area contributed by atoms with E-state index in [1.54, 1.807) is 0 Å². The van der Waals surface area contributed by atoms with Gasteiger partial charge in [-0.05, 0) is 0 Å². The molecule has 1 N–H and O–H groups in total. The molecule has 0 spiro atoms. The van der Waals surface area contributed by atoms with Crippen LogP contribution in [0, 0.1) is 0 Å². The Kier molecular flexibility index (Phi) is 2.27. The summed E-state index contributed by atoms with van der Waals surface area (Å²) in [5, 5.41) is 0. The number of benzene rings is 1. The van der Waals surface area contributed by atoms with Crippen LogP contribution in [0.25, 0.3) is 0 Å². The average molecular weight is 209 g/mol. The van der Waals surface area contributed by atoms with Crippen LogP contribution in [-0.2, 0) is 0 Å². The van der Waals surface area contributed by atoms with E-state index in [0.717, 1.165) is 0 Å². The van der Waals surface area contributed by atoms with Crippen LogP contribution in [0.15, 0.2) is 30.3 Å². The molecule has 40 valence electrons. The van der Waals surface area contributed by atoms with E-state index in [9.17, 15) is 0 Å². The van der Waals surface area contributed by atoms with E-state index in [4.69, 9.17) is 0 Å². The van der Waals surface area contributed by atoms with Gasteiger partial charge in [0.25, 0.3) is 0 Å². The number of anilines is 1. The van der Waals surface area contributed by atoms with Gasteiger partial charge >= 0.3 is 64.0 Å². The molecule has 1 aromatic rings. The fraction of sp³-hybridized carbons (Fsp3) is 0. The molecule has 0 bridgehead atoms. The zero-order valence-electron chi connectivity index (χ0n) is 4.89. The van der Waals surface area contributed by atoms with E-state index in [1.165, 1.54) is 5.69 Å². The van der Waals surface area contributed by atoms with Gasteiger partial charge in [-0.2, -0.15) is 0 Å². The van der Waals surface area contributed by atoms with Crippen molar-refractivity contribution in [2.24, 2.45) is 0 Å². The standard InChI is InChI=1S/C6H6N.In.2H/c7-6-4-2-1-3-5-6;;;/h1-5,7H;;;/q-1;+1;;. The molecule has 0 radical (unpaired) electrons. The van der Waals surface area contributed by atoms with E-state index in [1.807, 2.05) is 18.2 Å². The monoisotopic (exact) mass is 209 g/mol. The number of rotatable bonds is 1. The van der Waals surface area contributed by atoms with Crippen LogP contribution in [-0.4, -0.2) is 24.7 Å². The molecule has 0 aliphatic rings. The second-order valence-electron chi connectivity index (χ2n) is 1.62. The van der Waals surface area contributed by atoms with Gasteiger partial charge in [-0.3, -0.25) is 0 Å². The van der Waals surface area contributed by atoms with E-state index in [2.05, 4.69) is 15.4 Å². The van der Waals surface area contributed by atoms with Gasteiger partial charge in [0.2, 0.25) is 0 Å². The Morgan fingerprint density at radius 2 is 1.75 bits per heavy atom. The maximum absolute atomic E-state index is 3.24. The van der Waals surface area contributed by atoms with Crippen molar-refractivity contribution in [3.8, 4) is 0 Å². The zero-order chi connectivity index (χ0) is 5.82. The van der Waals surface area contributed by atoms with Crippen molar-refractivity contribution >= 4 is 30.3 Å². The van der Waals surface area contributed by atoms with E-state index < -0.39 is 0 Å².